The van der Waals surface area contributed by atoms with E-state index < -0.39 is 41.4 Å². The minimum atomic E-state index is -4.68. The number of carbonyl (C=O) groups excluding carboxylic acids is 1. The van der Waals surface area contributed by atoms with E-state index in [0.717, 1.165) is 18.3 Å². The molecular weight excluding hydrogens is 522 g/mol. The summed E-state index contributed by atoms with van der Waals surface area (Å²) < 4.78 is 69.2. The molecule has 4 aromatic rings. The number of H-pyrrole nitrogens is 1. The van der Waals surface area contributed by atoms with E-state index in [0.29, 0.717) is 17.2 Å². The Morgan fingerprint density at radius 3 is 2.57 bits per heavy atom. The molecule has 0 spiro atoms. The second-order valence-electron chi connectivity index (χ2n) is 6.82. The molecule has 0 atom stereocenters. The van der Waals surface area contributed by atoms with Crippen molar-refractivity contribution >= 4 is 57.7 Å². The molecule has 0 fully saturated rings. The largest absolute Gasteiger partial charge is 0.434 e. The molecule has 0 bridgehead atoms. The first-order valence-electron chi connectivity index (χ1n) is 9.41. The second kappa shape index (κ2) is 9.50. The van der Waals surface area contributed by atoms with Gasteiger partial charge in [-0.15, -0.1) is 0 Å². The predicted molar refractivity (Wildman–Crippen MR) is 117 cm³/mol. The summed E-state index contributed by atoms with van der Waals surface area (Å²) in [5.41, 5.74) is -1.14. The van der Waals surface area contributed by atoms with E-state index in [-0.39, 0.29) is 27.8 Å². The molecule has 4 rings (SSSR count). The molecule has 15 heteroatoms. The number of carbonyl (C=O) groups is 1. The SMILES string of the molecule is O=C(Nc1cc(C(F)(F)F)ccn1)c1cc2nc(Nc3ncc(Cl)cc3Cl)[nH]c2cc1OC(F)F. The topological polar surface area (TPSA) is 105 Å². The van der Waals surface area contributed by atoms with Crippen molar-refractivity contribution in [2.24, 2.45) is 0 Å². The smallest absolute Gasteiger partial charge is 0.416 e. The zero-order valence-electron chi connectivity index (χ0n) is 16.9. The van der Waals surface area contributed by atoms with Crippen LogP contribution in [0.4, 0.5) is 39.5 Å². The number of aromatic nitrogens is 4. The maximum absolute atomic E-state index is 13.0. The van der Waals surface area contributed by atoms with Gasteiger partial charge in [-0.2, -0.15) is 22.0 Å². The maximum Gasteiger partial charge on any atom is 0.416 e. The number of pyridine rings is 2. The van der Waals surface area contributed by atoms with Crippen molar-refractivity contribution in [1.29, 1.82) is 0 Å². The summed E-state index contributed by atoms with van der Waals surface area (Å²) >= 11 is 11.9. The highest BCUT2D eigenvalue weighted by Crippen LogP contribution is 2.32. The van der Waals surface area contributed by atoms with Crippen LogP contribution in [0.3, 0.4) is 0 Å². The molecule has 3 N–H and O–H groups in total. The third-order valence-electron chi connectivity index (χ3n) is 4.42. The molecule has 1 aromatic carbocycles. The number of aromatic amines is 1. The van der Waals surface area contributed by atoms with Gasteiger partial charge in [0.1, 0.15) is 11.6 Å². The lowest BCUT2D eigenvalue weighted by atomic mass is 10.1. The van der Waals surface area contributed by atoms with Gasteiger partial charge in [-0.3, -0.25) is 4.79 Å². The van der Waals surface area contributed by atoms with Crippen molar-refractivity contribution in [2.75, 3.05) is 10.6 Å². The molecule has 0 aliphatic heterocycles. The molecule has 0 unspecified atom stereocenters. The van der Waals surface area contributed by atoms with E-state index in [1.54, 1.807) is 0 Å². The van der Waals surface area contributed by atoms with Gasteiger partial charge in [0.2, 0.25) is 5.95 Å². The normalized spacial score (nSPS) is 11.7. The lowest BCUT2D eigenvalue weighted by molar-refractivity contribution is -0.137. The van der Waals surface area contributed by atoms with E-state index >= 15 is 0 Å². The number of fused-ring (bicyclic) bond motifs is 1. The summed E-state index contributed by atoms with van der Waals surface area (Å²) in [6.45, 7) is -3.29. The number of rotatable bonds is 6. The molecule has 0 saturated heterocycles. The van der Waals surface area contributed by atoms with Gasteiger partial charge in [-0.05, 0) is 24.3 Å². The van der Waals surface area contributed by atoms with Crippen molar-refractivity contribution in [2.45, 2.75) is 12.8 Å². The van der Waals surface area contributed by atoms with Gasteiger partial charge < -0.3 is 20.4 Å². The number of nitrogens with zero attached hydrogens (tertiary/aromatic N) is 3. The molecule has 8 nitrogen and oxygen atoms in total. The van der Waals surface area contributed by atoms with E-state index in [2.05, 4.69) is 35.3 Å². The predicted octanol–water partition coefficient (Wildman–Crippen LogP) is 6.28. The number of ether oxygens (including phenoxy) is 1. The fraction of sp³-hybridized carbons (Fsp3) is 0.100. The molecule has 0 aliphatic rings. The van der Waals surface area contributed by atoms with Crippen molar-refractivity contribution in [3.63, 3.8) is 0 Å². The van der Waals surface area contributed by atoms with E-state index in [1.165, 1.54) is 12.3 Å². The number of hydrogen-bond acceptors (Lipinski definition) is 6. The Balaban J connectivity index is 1.67. The van der Waals surface area contributed by atoms with Crippen molar-refractivity contribution in [3.8, 4) is 5.75 Å². The number of hydrogen-bond donors (Lipinski definition) is 3. The van der Waals surface area contributed by atoms with Crippen LogP contribution in [0.15, 0.2) is 42.7 Å². The molecule has 0 aliphatic carbocycles. The summed E-state index contributed by atoms with van der Waals surface area (Å²) in [7, 11) is 0. The van der Waals surface area contributed by atoms with E-state index in [1.807, 2.05) is 0 Å². The number of nitrogens with one attached hydrogen (secondary N) is 3. The molecular formula is C20H11Cl2F5N6O2. The van der Waals surface area contributed by atoms with Gasteiger partial charge in [0.05, 0.1) is 32.2 Å². The first-order chi connectivity index (χ1) is 16.5. The van der Waals surface area contributed by atoms with Crippen molar-refractivity contribution < 1.29 is 31.5 Å². The van der Waals surface area contributed by atoms with Crippen LogP contribution in [0.2, 0.25) is 10.0 Å². The molecule has 3 heterocycles. The quantitative estimate of drug-likeness (QED) is 0.252. The highest BCUT2D eigenvalue weighted by molar-refractivity contribution is 6.36. The summed E-state index contributed by atoms with van der Waals surface area (Å²) in [6.07, 6.45) is -2.50. The zero-order chi connectivity index (χ0) is 25.3. The van der Waals surface area contributed by atoms with Crippen LogP contribution in [0.5, 0.6) is 5.75 Å². The van der Waals surface area contributed by atoms with Crippen molar-refractivity contribution in [3.05, 3.63) is 63.9 Å². The van der Waals surface area contributed by atoms with Crippen LogP contribution in [0.25, 0.3) is 11.0 Å². The Hall–Kier alpha value is -3.71. The Kier molecular flexibility index (Phi) is 6.63. The molecule has 35 heavy (non-hydrogen) atoms. The first kappa shape index (κ1) is 24.4. The van der Waals surface area contributed by atoms with Crippen LogP contribution in [-0.4, -0.2) is 32.5 Å². The fourth-order valence-electron chi connectivity index (χ4n) is 2.94. The van der Waals surface area contributed by atoms with Gasteiger partial charge in [-0.25, -0.2) is 15.0 Å². The third-order valence-corrected chi connectivity index (χ3v) is 4.91. The minimum absolute atomic E-state index is 0.0943. The van der Waals surface area contributed by atoms with Gasteiger partial charge in [0.25, 0.3) is 5.91 Å². The number of benzene rings is 1. The molecule has 0 radical (unpaired) electrons. The van der Waals surface area contributed by atoms with Crippen LogP contribution in [0.1, 0.15) is 15.9 Å². The van der Waals surface area contributed by atoms with Crippen LogP contribution in [-0.2, 0) is 6.18 Å². The van der Waals surface area contributed by atoms with E-state index in [4.69, 9.17) is 23.2 Å². The molecule has 3 aromatic heterocycles. The Bertz CT molecular complexity index is 1410. The summed E-state index contributed by atoms with van der Waals surface area (Å²) in [5.74, 6) is -1.76. The number of imidazole rings is 1. The number of halogens is 7. The number of anilines is 3. The van der Waals surface area contributed by atoms with Gasteiger partial charge in [0.15, 0.2) is 5.82 Å². The Labute approximate surface area is 202 Å². The average molecular weight is 533 g/mol. The van der Waals surface area contributed by atoms with Gasteiger partial charge >= 0.3 is 12.8 Å². The van der Waals surface area contributed by atoms with E-state index in [9.17, 15) is 26.7 Å². The highest BCUT2D eigenvalue weighted by Gasteiger charge is 2.31. The lowest BCUT2D eigenvalue weighted by Gasteiger charge is -2.12. The monoisotopic (exact) mass is 532 g/mol. The van der Waals surface area contributed by atoms with Crippen molar-refractivity contribution in [1.82, 2.24) is 19.9 Å². The number of alkyl halides is 5. The summed E-state index contributed by atoms with van der Waals surface area (Å²) in [5, 5.41) is 5.39. The lowest BCUT2D eigenvalue weighted by Crippen LogP contribution is -2.16. The first-order valence-corrected chi connectivity index (χ1v) is 10.2. The maximum atomic E-state index is 13.0. The van der Waals surface area contributed by atoms with Gasteiger partial charge in [-0.1, -0.05) is 23.2 Å². The highest BCUT2D eigenvalue weighted by atomic mass is 35.5. The fourth-order valence-corrected chi connectivity index (χ4v) is 3.37. The minimum Gasteiger partial charge on any atom is -0.434 e. The standard InChI is InChI=1S/C20H11Cl2F5N6O2/c21-9-4-11(22)16(29-7-9)33-19-30-12-5-10(14(35-18(23)24)6-13(12)31-19)17(34)32-15-3-8(1-2-28-15)20(25,26)27/h1-7,18H,(H,28,32,34)(H2,29,30,31,33). The summed E-state index contributed by atoms with van der Waals surface area (Å²) in [4.78, 5) is 27.4. The molecule has 0 saturated carbocycles. The van der Waals surface area contributed by atoms with Gasteiger partial charge in [0, 0.05) is 18.5 Å². The van der Waals surface area contributed by atoms with Crippen LogP contribution < -0.4 is 15.4 Å². The Morgan fingerprint density at radius 2 is 1.89 bits per heavy atom. The third kappa shape index (κ3) is 5.69. The van der Waals surface area contributed by atoms with Crippen LogP contribution >= 0.6 is 23.2 Å². The number of amides is 1. The Morgan fingerprint density at radius 1 is 1.11 bits per heavy atom. The summed E-state index contributed by atoms with van der Waals surface area (Å²) in [6, 6.07) is 4.95. The molecule has 1 amide bonds. The van der Waals surface area contributed by atoms with Crippen LogP contribution in [0, 0.1) is 0 Å². The second-order valence-corrected chi connectivity index (χ2v) is 7.66. The average Bonchev–Trinajstić information content (AvgIpc) is 3.15. The zero-order valence-corrected chi connectivity index (χ0v) is 18.4. The molecule has 182 valence electrons.